The molecular weight excluding hydrogens is 278 g/mol. The highest BCUT2D eigenvalue weighted by Crippen LogP contribution is 2.10. The molecule has 0 bridgehead atoms. The Morgan fingerprint density at radius 2 is 2.15 bits per heavy atom. The number of aromatic nitrogens is 4. The van der Waals surface area contributed by atoms with E-state index in [9.17, 15) is 4.79 Å². The number of aryl methyl sites for hydroxylation is 1. The number of carbonyl (C=O) groups excluding carboxylic acids is 1. The summed E-state index contributed by atoms with van der Waals surface area (Å²) in [5, 5.41) is 14.8. The maximum Gasteiger partial charge on any atom is 0.270 e. The molecule has 1 N–H and O–H groups in total. The van der Waals surface area contributed by atoms with Gasteiger partial charge in [-0.3, -0.25) is 10.1 Å². The molecule has 1 heterocycles. The summed E-state index contributed by atoms with van der Waals surface area (Å²) in [6.07, 6.45) is 3.99. The SMILES string of the molecule is CCCn1nnc(NC(=O)/C=C/c2ccc(Cl)cc2)n1. The van der Waals surface area contributed by atoms with E-state index in [1.165, 1.54) is 10.9 Å². The summed E-state index contributed by atoms with van der Waals surface area (Å²) < 4.78 is 0. The van der Waals surface area contributed by atoms with Crippen LogP contribution in [0.1, 0.15) is 18.9 Å². The Kier molecular flexibility index (Phi) is 4.84. The molecular formula is C13H14ClN5O. The number of benzene rings is 1. The van der Waals surface area contributed by atoms with Crippen LogP contribution < -0.4 is 5.32 Å². The van der Waals surface area contributed by atoms with Crippen molar-refractivity contribution in [1.29, 1.82) is 0 Å². The van der Waals surface area contributed by atoms with Gasteiger partial charge in [0.2, 0.25) is 0 Å². The van der Waals surface area contributed by atoms with E-state index in [2.05, 4.69) is 20.7 Å². The Hall–Kier alpha value is -2.21. The summed E-state index contributed by atoms with van der Waals surface area (Å²) in [6, 6.07) is 7.16. The molecule has 1 amide bonds. The highest BCUT2D eigenvalue weighted by atomic mass is 35.5. The van der Waals surface area contributed by atoms with E-state index in [4.69, 9.17) is 11.6 Å². The monoisotopic (exact) mass is 291 g/mol. The maximum absolute atomic E-state index is 11.7. The maximum atomic E-state index is 11.7. The number of rotatable bonds is 5. The zero-order valence-corrected chi connectivity index (χ0v) is 11.7. The van der Waals surface area contributed by atoms with Crippen LogP contribution >= 0.6 is 11.6 Å². The highest BCUT2D eigenvalue weighted by Gasteiger charge is 2.04. The molecule has 0 spiro atoms. The normalized spacial score (nSPS) is 10.9. The minimum Gasteiger partial charge on any atom is -0.288 e. The number of nitrogens with one attached hydrogen (secondary N) is 1. The van der Waals surface area contributed by atoms with Gasteiger partial charge in [0.1, 0.15) is 0 Å². The minimum atomic E-state index is -0.309. The van der Waals surface area contributed by atoms with Gasteiger partial charge < -0.3 is 0 Å². The van der Waals surface area contributed by atoms with E-state index in [1.54, 1.807) is 18.2 Å². The van der Waals surface area contributed by atoms with Crippen LogP contribution in [0, 0.1) is 0 Å². The van der Waals surface area contributed by atoms with Gasteiger partial charge >= 0.3 is 0 Å². The van der Waals surface area contributed by atoms with Crippen molar-refractivity contribution in [3.63, 3.8) is 0 Å². The number of carbonyl (C=O) groups is 1. The fraction of sp³-hybridized carbons (Fsp3) is 0.231. The molecule has 0 radical (unpaired) electrons. The van der Waals surface area contributed by atoms with Gasteiger partial charge in [-0.1, -0.05) is 35.8 Å². The summed E-state index contributed by atoms with van der Waals surface area (Å²) in [7, 11) is 0. The average molecular weight is 292 g/mol. The number of tetrazole rings is 1. The van der Waals surface area contributed by atoms with Gasteiger partial charge in [0.15, 0.2) is 0 Å². The predicted molar refractivity (Wildman–Crippen MR) is 77.2 cm³/mol. The van der Waals surface area contributed by atoms with Crippen molar-refractivity contribution in [2.75, 3.05) is 5.32 Å². The molecule has 6 nitrogen and oxygen atoms in total. The van der Waals surface area contributed by atoms with Gasteiger partial charge in [-0.05, 0) is 35.4 Å². The largest absolute Gasteiger partial charge is 0.288 e. The number of amides is 1. The Morgan fingerprint density at radius 3 is 2.85 bits per heavy atom. The molecule has 0 aliphatic carbocycles. The number of hydrogen-bond donors (Lipinski definition) is 1. The molecule has 0 aliphatic rings. The third-order valence-corrected chi connectivity index (χ3v) is 2.66. The van der Waals surface area contributed by atoms with Crippen molar-refractivity contribution in [1.82, 2.24) is 20.2 Å². The lowest BCUT2D eigenvalue weighted by atomic mass is 10.2. The first kappa shape index (κ1) is 14.2. The standard InChI is InChI=1S/C13H14ClN5O/c1-2-9-19-17-13(16-18-19)15-12(20)8-5-10-3-6-11(14)7-4-10/h3-8H,2,9H2,1H3,(H,15,17,20)/b8-5+. The van der Waals surface area contributed by atoms with Gasteiger partial charge in [0.25, 0.3) is 11.9 Å². The Balaban J connectivity index is 1.92. The molecule has 1 aromatic heterocycles. The summed E-state index contributed by atoms with van der Waals surface area (Å²) in [5.74, 6) is -0.111. The Morgan fingerprint density at radius 1 is 1.40 bits per heavy atom. The van der Waals surface area contributed by atoms with Crippen LogP contribution in [0.25, 0.3) is 6.08 Å². The first-order valence-electron chi connectivity index (χ1n) is 6.20. The molecule has 0 saturated heterocycles. The number of hydrogen-bond acceptors (Lipinski definition) is 4. The molecule has 0 atom stereocenters. The molecule has 7 heteroatoms. The Labute approximate surface area is 121 Å². The van der Waals surface area contributed by atoms with Crippen LogP contribution in [-0.4, -0.2) is 26.1 Å². The van der Waals surface area contributed by atoms with E-state index in [0.29, 0.717) is 11.6 Å². The van der Waals surface area contributed by atoms with Crippen LogP contribution in [0.3, 0.4) is 0 Å². The second-order valence-electron chi connectivity index (χ2n) is 4.08. The molecule has 1 aromatic carbocycles. The fourth-order valence-corrected chi connectivity index (χ4v) is 1.61. The first-order valence-corrected chi connectivity index (χ1v) is 6.57. The molecule has 0 aliphatic heterocycles. The fourth-order valence-electron chi connectivity index (χ4n) is 1.49. The topological polar surface area (TPSA) is 72.7 Å². The number of anilines is 1. The number of nitrogens with zero attached hydrogens (tertiary/aromatic N) is 4. The lowest BCUT2D eigenvalue weighted by molar-refractivity contribution is -0.111. The first-order chi connectivity index (χ1) is 9.67. The average Bonchev–Trinajstić information content (AvgIpc) is 2.86. The molecule has 0 saturated carbocycles. The van der Waals surface area contributed by atoms with Gasteiger partial charge in [-0.25, -0.2) is 0 Å². The predicted octanol–water partition coefficient (Wildman–Crippen LogP) is 2.39. The van der Waals surface area contributed by atoms with Crippen molar-refractivity contribution < 1.29 is 4.79 Å². The molecule has 2 rings (SSSR count). The van der Waals surface area contributed by atoms with Crippen molar-refractivity contribution in [3.05, 3.63) is 40.9 Å². The summed E-state index contributed by atoms with van der Waals surface area (Å²) in [5.41, 5.74) is 0.882. The van der Waals surface area contributed by atoms with E-state index in [0.717, 1.165) is 12.0 Å². The second-order valence-corrected chi connectivity index (χ2v) is 4.52. The van der Waals surface area contributed by atoms with Crippen molar-refractivity contribution in [2.45, 2.75) is 19.9 Å². The van der Waals surface area contributed by atoms with Crippen LogP contribution in [-0.2, 0) is 11.3 Å². The van der Waals surface area contributed by atoms with Crippen molar-refractivity contribution in [2.24, 2.45) is 0 Å². The van der Waals surface area contributed by atoms with E-state index in [-0.39, 0.29) is 11.9 Å². The Bertz CT molecular complexity index is 605. The lowest BCUT2D eigenvalue weighted by Gasteiger charge is -1.95. The smallest absolute Gasteiger partial charge is 0.270 e. The minimum absolute atomic E-state index is 0.198. The second kappa shape index (κ2) is 6.81. The summed E-state index contributed by atoms with van der Waals surface area (Å²) in [6.45, 7) is 2.68. The van der Waals surface area contributed by atoms with Crippen LogP contribution in [0.2, 0.25) is 5.02 Å². The van der Waals surface area contributed by atoms with E-state index >= 15 is 0 Å². The molecule has 0 fully saturated rings. The molecule has 20 heavy (non-hydrogen) atoms. The van der Waals surface area contributed by atoms with Crippen LogP contribution in [0.4, 0.5) is 5.95 Å². The van der Waals surface area contributed by atoms with Crippen LogP contribution in [0.5, 0.6) is 0 Å². The lowest BCUT2D eigenvalue weighted by Crippen LogP contribution is -2.09. The highest BCUT2D eigenvalue weighted by molar-refractivity contribution is 6.30. The molecule has 2 aromatic rings. The quantitative estimate of drug-likeness (QED) is 0.859. The third-order valence-electron chi connectivity index (χ3n) is 2.41. The number of halogens is 1. The molecule has 0 unspecified atom stereocenters. The zero-order valence-electron chi connectivity index (χ0n) is 11.0. The summed E-state index contributed by atoms with van der Waals surface area (Å²) >= 11 is 5.78. The van der Waals surface area contributed by atoms with Crippen molar-refractivity contribution in [3.8, 4) is 0 Å². The third kappa shape index (κ3) is 4.17. The van der Waals surface area contributed by atoms with Gasteiger partial charge in [0, 0.05) is 11.1 Å². The van der Waals surface area contributed by atoms with E-state index in [1.807, 2.05) is 19.1 Å². The van der Waals surface area contributed by atoms with Gasteiger partial charge in [-0.2, -0.15) is 4.80 Å². The summed E-state index contributed by atoms with van der Waals surface area (Å²) in [4.78, 5) is 13.1. The van der Waals surface area contributed by atoms with E-state index < -0.39 is 0 Å². The van der Waals surface area contributed by atoms with Gasteiger partial charge in [-0.15, -0.1) is 5.10 Å². The molecule has 104 valence electrons. The zero-order chi connectivity index (χ0) is 14.4. The van der Waals surface area contributed by atoms with Crippen LogP contribution in [0.15, 0.2) is 30.3 Å². The van der Waals surface area contributed by atoms with Gasteiger partial charge in [0.05, 0.1) is 6.54 Å². The van der Waals surface area contributed by atoms with Crippen molar-refractivity contribution >= 4 is 29.5 Å².